The number of benzene rings is 3. The van der Waals surface area contributed by atoms with Gasteiger partial charge in [0.1, 0.15) is 0 Å². The minimum Gasteiger partial charge on any atom is -0.334 e. The number of nitrogens with zero attached hydrogens (tertiary/aromatic N) is 4. The van der Waals surface area contributed by atoms with E-state index < -0.39 is 0 Å². The third-order valence-electron chi connectivity index (χ3n) is 6.47. The number of halogens is 2. The van der Waals surface area contributed by atoms with Gasteiger partial charge in [-0.25, -0.2) is 4.98 Å². The second-order valence-corrected chi connectivity index (χ2v) is 9.55. The van der Waals surface area contributed by atoms with Crippen molar-refractivity contribution in [3.8, 4) is 39.6 Å². The Kier molecular flexibility index (Phi) is 6.40. The number of fused-ring (bicyclic) bond motifs is 1. The molecule has 0 saturated heterocycles. The molecule has 2 heterocycles. The van der Waals surface area contributed by atoms with Crippen LogP contribution in [0.2, 0.25) is 10.0 Å². The lowest BCUT2D eigenvalue weighted by molar-refractivity contribution is 0.889. The van der Waals surface area contributed by atoms with Crippen LogP contribution >= 0.6 is 23.2 Å². The molecular weight excluding hydrogens is 491 g/mol. The van der Waals surface area contributed by atoms with Gasteiger partial charge in [0.15, 0.2) is 0 Å². The Hall–Kier alpha value is -3.85. The summed E-state index contributed by atoms with van der Waals surface area (Å²) in [6.45, 7) is 0. The minimum atomic E-state index is -0.132. The van der Waals surface area contributed by atoms with E-state index in [0.29, 0.717) is 34.1 Å². The Morgan fingerprint density at radius 3 is 2.36 bits per heavy atom. The summed E-state index contributed by atoms with van der Waals surface area (Å²) in [6.07, 6.45) is 4.34. The molecule has 0 atom stereocenters. The van der Waals surface area contributed by atoms with E-state index in [9.17, 15) is 10.1 Å². The van der Waals surface area contributed by atoms with Gasteiger partial charge in [-0.3, -0.25) is 4.79 Å². The summed E-state index contributed by atoms with van der Waals surface area (Å²) in [5.41, 5.74) is 6.45. The van der Waals surface area contributed by atoms with Crippen molar-refractivity contribution in [3.05, 3.63) is 99.2 Å². The molecule has 5 nitrogen and oxygen atoms in total. The van der Waals surface area contributed by atoms with Gasteiger partial charge < -0.3 is 9.13 Å². The van der Waals surface area contributed by atoms with Gasteiger partial charge >= 0.3 is 0 Å². The molecule has 0 bridgehead atoms. The van der Waals surface area contributed by atoms with Gasteiger partial charge in [-0.2, -0.15) is 5.26 Å². The highest BCUT2D eigenvalue weighted by atomic mass is 35.5. The summed E-state index contributed by atoms with van der Waals surface area (Å²) in [4.78, 5) is 18.2. The van der Waals surface area contributed by atoms with Crippen molar-refractivity contribution in [1.29, 1.82) is 5.26 Å². The van der Waals surface area contributed by atoms with E-state index in [1.54, 1.807) is 24.1 Å². The maximum absolute atomic E-state index is 13.9. The van der Waals surface area contributed by atoms with Crippen molar-refractivity contribution >= 4 is 34.1 Å². The lowest BCUT2D eigenvalue weighted by Crippen LogP contribution is -2.21. The first-order chi connectivity index (χ1) is 17.4. The third kappa shape index (κ3) is 4.09. The fraction of sp³-hybridized carbons (Fsp3) is 0.138. The standard InChI is InChI=1S/C29H22Cl2N4O/c1-34-17-33-16-24(34)28-26(20-5-3-7-22(31)15-20)27-23(35(2)29(28)36)13-10-18(6-4-14-32)25(27)19-8-11-21(30)12-9-19/h3,5,7-13,15-17H,4,6H2,1-2H3. The molecule has 7 heteroatoms. The first-order valence-corrected chi connectivity index (χ1v) is 12.2. The summed E-state index contributed by atoms with van der Waals surface area (Å²) in [5, 5.41) is 11.5. The number of aryl methyl sites for hydroxylation is 3. The average Bonchev–Trinajstić information content (AvgIpc) is 3.30. The molecule has 178 valence electrons. The van der Waals surface area contributed by atoms with Crippen molar-refractivity contribution in [2.75, 3.05) is 0 Å². The first kappa shape index (κ1) is 23.9. The third-order valence-corrected chi connectivity index (χ3v) is 6.96. The van der Waals surface area contributed by atoms with Crippen LogP contribution in [0.3, 0.4) is 0 Å². The van der Waals surface area contributed by atoms with Crippen LogP contribution in [-0.4, -0.2) is 14.1 Å². The highest BCUT2D eigenvalue weighted by molar-refractivity contribution is 6.31. The fourth-order valence-corrected chi connectivity index (χ4v) is 5.11. The Bertz CT molecular complexity index is 1710. The Labute approximate surface area is 218 Å². The number of imidazole rings is 1. The number of hydrogen-bond donors (Lipinski definition) is 0. The number of nitriles is 1. The van der Waals surface area contributed by atoms with E-state index in [-0.39, 0.29) is 5.56 Å². The smallest absolute Gasteiger partial charge is 0.260 e. The maximum Gasteiger partial charge on any atom is 0.260 e. The zero-order valence-corrected chi connectivity index (χ0v) is 21.3. The van der Waals surface area contributed by atoms with Crippen LogP contribution in [0, 0.1) is 11.3 Å². The van der Waals surface area contributed by atoms with Gasteiger partial charge in [0.25, 0.3) is 5.56 Å². The first-order valence-electron chi connectivity index (χ1n) is 11.4. The molecule has 0 saturated carbocycles. The number of rotatable bonds is 5. The van der Waals surface area contributed by atoms with Crippen molar-refractivity contribution in [1.82, 2.24) is 14.1 Å². The largest absolute Gasteiger partial charge is 0.334 e. The number of pyridine rings is 1. The van der Waals surface area contributed by atoms with E-state index in [0.717, 1.165) is 38.7 Å². The van der Waals surface area contributed by atoms with E-state index in [1.807, 2.05) is 72.3 Å². The quantitative estimate of drug-likeness (QED) is 0.253. The van der Waals surface area contributed by atoms with Crippen LogP contribution in [0.4, 0.5) is 0 Å². The zero-order chi connectivity index (χ0) is 25.4. The highest BCUT2D eigenvalue weighted by Crippen LogP contribution is 2.43. The van der Waals surface area contributed by atoms with Crippen LogP contribution in [0.5, 0.6) is 0 Å². The Balaban J connectivity index is 2.05. The van der Waals surface area contributed by atoms with Gasteiger partial charge in [-0.05, 0) is 59.0 Å². The topological polar surface area (TPSA) is 63.6 Å². The van der Waals surface area contributed by atoms with Crippen LogP contribution in [0.1, 0.15) is 12.0 Å². The van der Waals surface area contributed by atoms with E-state index in [1.165, 1.54) is 0 Å². The summed E-state index contributed by atoms with van der Waals surface area (Å²) in [7, 11) is 3.66. The van der Waals surface area contributed by atoms with Crippen molar-refractivity contribution in [3.63, 3.8) is 0 Å². The van der Waals surface area contributed by atoms with E-state index >= 15 is 0 Å². The molecule has 0 aliphatic carbocycles. The molecule has 5 aromatic rings. The predicted molar refractivity (Wildman–Crippen MR) is 146 cm³/mol. The lowest BCUT2D eigenvalue weighted by atomic mass is 9.86. The molecule has 0 fully saturated rings. The Morgan fingerprint density at radius 2 is 1.69 bits per heavy atom. The van der Waals surface area contributed by atoms with Crippen molar-refractivity contribution < 1.29 is 0 Å². The zero-order valence-electron chi connectivity index (χ0n) is 19.8. The summed E-state index contributed by atoms with van der Waals surface area (Å²) in [6, 6.07) is 21.4. The molecular formula is C29H22Cl2N4O. The van der Waals surface area contributed by atoms with Gasteiger partial charge in [-0.1, -0.05) is 53.5 Å². The molecule has 0 N–H and O–H groups in total. The normalized spacial score (nSPS) is 11.1. The fourth-order valence-electron chi connectivity index (χ4n) is 4.79. The minimum absolute atomic E-state index is 0.132. The molecule has 5 rings (SSSR count). The monoisotopic (exact) mass is 512 g/mol. The number of hydrogen-bond acceptors (Lipinski definition) is 3. The van der Waals surface area contributed by atoms with Gasteiger partial charge in [-0.15, -0.1) is 0 Å². The molecule has 3 aromatic carbocycles. The second kappa shape index (κ2) is 9.66. The van der Waals surface area contributed by atoms with Crippen LogP contribution in [-0.2, 0) is 20.5 Å². The molecule has 0 aliphatic heterocycles. The summed E-state index contributed by atoms with van der Waals surface area (Å²) < 4.78 is 3.53. The average molecular weight is 513 g/mol. The Morgan fingerprint density at radius 1 is 0.917 bits per heavy atom. The highest BCUT2D eigenvalue weighted by Gasteiger charge is 2.24. The molecule has 0 spiro atoms. The van der Waals surface area contributed by atoms with E-state index in [4.69, 9.17) is 23.2 Å². The van der Waals surface area contributed by atoms with Crippen molar-refractivity contribution in [2.45, 2.75) is 12.8 Å². The SMILES string of the molecule is Cn1cncc1-c1c(-c2cccc(Cl)c2)c2c(-c3ccc(Cl)cc3)c(CCC#N)ccc2n(C)c1=O. The molecule has 2 aromatic heterocycles. The van der Waals surface area contributed by atoms with Crippen LogP contribution < -0.4 is 5.56 Å². The molecule has 36 heavy (non-hydrogen) atoms. The molecule has 0 aliphatic rings. The van der Waals surface area contributed by atoms with Gasteiger partial charge in [0, 0.05) is 41.5 Å². The second-order valence-electron chi connectivity index (χ2n) is 8.67. The van der Waals surface area contributed by atoms with Crippen molar-refractivity contribution in [2.24, 2.45) is 14.1 Å². The molecule has 0 amide bonds. The maximum atomic E-state index is 13.9. The van der Waals surface area contributed by atoms with Crippen LogP contribution in [0.25, 0.3) is 44.4 Å². The predicted octanol–water partition coefficient (Wildman–Crippen LogP) is 7.04. The van der Waals surface area contributed by atoms with Crippen LogP contribution in [0.15, 0.2) is 78.0 Å². The summed E-state index contributed by atoms with van der Waals surface area (Å²) >= 11 is 12.7. The molecule has 0 unspecified atom stereocenters. The van der Waals surface area contributed by atoms with Gasteiger partial charge in [0.2, 0.25) is 0 Å². The van der Waals surface area contributed by atoms with Gasteiger partial charge in [0.05, 0.1) is 35.4 Å². The molecule has 0 radical (unpaired) electrons. The summed E-state index contributed by atoms with van der Waals surface area (Å²) in [5.74, 6) is 0. The van der Waals surface area contributed by atoms with E-state index in [2.05, 4.69) is 11.1 Å². The lowest BCUT2D eigenvalue weighted by Gasteiger charge is -2.21. The number of aromatic nitrogens is 3.